The molecule has 0 bridgehead atoms. The van der Waals surface area contributed by atoms with Crippen LogP contribution < -0.4 is 25.1 Å². The van der Waals surface area contributed by atoms with Gasteiger partial charge in [-0.15, -0.1) is 0 Å². The Morgan fingerprint density at radius 2 is 1.46 bits per heavy atom. The first-order valence-electron chi connectivity index (χ1n) is 7.62. The molecule has 0 radical (unpaired) electrons. The third-order valence-electron chi connectivity index (χ3n) is 3.54. The molecule has 2 N–H and O–H groups in total. The van der Waals surface area contributed by atoms with Crippen LogP contribution in [-0.2, 0) is 11.2 Å². The van der Waals surface area contributed by atoms with Gasteiger partial charge in [0, 0.05) is 12.1 Å². The molecule has 0 aromatic heterocycles. The van der Waals surface area contributed by atoms with E-state index in [2.05, 4.69) is 10.9 Å². The van der Waals surface area contributed by atoms with E-state index in [0.29, 0.717) is 17.1 Å². The van der Waals surface area contributed by atoms with Gasteiger partial charge in [0.1, 0.15) is 11.6 Å². The van der Waals surface area contributed by atoms with Gasteiger partial charge in [-0.25, -0.2) is 4.39 Å². The van der Waals surface area contributed by atoms with Crippen LogP contribution in [0.1, 0.15) is 15.9 Å². The minimum Gasteiger partial charge on any atom is -0.496 e. The Morgan fingerprint density at radius 3 is 2.04 bits per heavy atom. The first kappa shape index (κ1) is 19.0. The van der Waals surface area contributed by atoms with E-state index in [0.717, 1.165) is 0 Å². The average Bonchev–Trinajstić information content (AvgIpc) is 2.66. The van der Waals surface area contributed by atoms with Crippen molar-refractivity contribution in [3.63, 3.8) is 0 Å². The van der Waals surface area contributed by atoms with Gasteiger partial charge in [0.2, 0.25) is 5.91 Å². The molecule has 26 heavy (non-hydrogen) atoms. The number of halogens is 1. The third kappa shape index (κ3) is 4.62. The van der Waals surface area contributed by atoms with Gasteiger partial charge < -0.3 is 14.2 Å². The fraction of sp³-hybridized carbons (Fsp3) is 0.222. The molecule has 0 saturated heterocycles. The highest BCUT2D eigenvalue weighted by Crippen LogP contribution is 2.34. The summed E-state index contributed by atoms with van der Waals surface area (Å²) in [6.45, 7) is 0. The SMILES string of the molecule is COc1cc(OC)c(C(=O)NNC(=O)Cc2ccc(F)cc2)cc1OC. The van der Waals surface area contributed by atoms with E-state index in [1.807, 2.05) is 0 Å². The molecule has 0 spiro atoms. The second-order valence-electron chi connectivity index (χ2n) is 5.21. The molecule has 2 amide bonds. The molecule has 0 atom stereocenters. The van der Waals surface area contributed by atoms with Gasteiger partial charge in [-0.05, 0) is 17.7 Å². The number of nitrogens with one attached hydrogen (secondary N) is 2. The van der Waals surface area contributed by atoms with Crippen LogP contribution in [0.3, 0.4) is 0 Å². The van der Waals surface area contributed by atoms with Crippen LogP contribution >= 0.6 is 0 Å². The summed E-state index contributed by atoms with van der Waals surface area (Å²) in [5, 5.41) is 0. The Bertz CT molecular complexity index is 793. The van der Waals surface area contributed by atoms with Gasteiger partial charge in [0.25, 0.3) is 5.91 Å². The number of hydrogen-bond donors (Lipinski definition) is 2. The third-order valence-corrected chi connectivity index (χ3v) is 3.54. The Morgan fingerprint density at radius 1 is 0.885 bits per heavy atom. The predicted molar refractivity (Wildman–Crippen MR) is 91.8 cm³/mol. The molecule has 0 aliphatic heterocycles. The lowest BCUT2D eigenvalue weighted by atomic mass is 10.1. The second kappa shape index (κ2) is 8.70. The van der Waals surface area contributed by atoms with Crippen molar-refractivity contribution in [1.29, 1.82) is 0 Å². The van der Waals surface area contributed by atoms with Crippen molar-refractivity contribution in [2.75, 3.05) is 21.3 Å². The zero-order valence-corrected chi connectivity index (χ0v) is 14.6. The lowest BCUT2D eigenvalue weighted by Gasteiger charge is -2.14. The van der Waals surface area contributed by atoms with E-state index >= 15 is 0 Å². The second-order valence-corrected chi connectivity index (χ2v) is 5.21. The molecule has 7 nitrogen and oxygen atoms in total. The maximum Gasteiger partial charge on any atom is 0.273 e. The molecule has 0 saturated carbocycles. The molecular formula is C18H19FN2O5. The molecule has 0 aliphatic carbocycles. The smallest absolute Gasteiger partial charge is 0.273 e. The van der Waals surface area contributed by atoms with Crippen LogP contribution in [0.25, 0.3) is 0 Å². The monoisotopic (exact) mass is 362 g/mol. The van der Waals surface area contributed by atoms with Gasteiger partial charge in [0.05, 0.1) is 33.3 Å². The summed E-state index contributed by atoms with van der Waals surface area (Å²) in [6, 6.07) is 8.46. The van der Waals surface area contributed by atoms with E-state index in [1.165, 1.54) is 57.7 Å². The van der Waals surface area contributed by atoms with Crippen LogP contribution in [0.2, 0.25) is 0 Å². The number of carbonyl (C=O) groups is 2. The van der Waals surface area contributed by atoms with E-state index < -0.39 is 11.8 Å². The lowest BCUT2D eigenvalue weighted by Crippen LogP contribution is -2.42. The highest BCUT2D eigenvalue weighted by Gasteiger charge is 2.18. The van der Waals surface area contributed by atoms with Crippen LogP contribution in [0, 0.1) is 5.82 Å². The van der Waals surface area contributed by atoms with Crippen molar-refractivity contribution in [2.45, 2.75) is 6.42 Å². The molecule has 2 aromatic carbocycles. The van der Waals surface area contributed by atoms with Crippen LogP contribution in [0.4, 0.5) is 4.39 Å². The van der Waals surface area contributed by atoms with Gasteiger partial charge >= 0.3 is 0 Å². The highest BCUT2D eigenvalue weighted by molar-refractivity contribution is 5.98. The van der Waals surface area contributed by atoms with Gasteiger partial charge in [-0.1, -0.05) is 12.1 Å². The standard InChI is InChI=1S/C18H19FN2O5/c1-24-14-10-16(26-3)15(25-2)9-13(14)18(23)21-20-17(22)8-11-4-6-12(19)7-5-11/h4-7,9-10H,8H2,1-3H3,(H,20,22)(H,21,23). The maximum absolute atomic E-state index is 12.9. The van der Waals surface area contributed by atoms with E-state index in [-0.39, 0.29) is 23.6 Å². The summed E-state index contributed by atoms with van der Waals surface area (Å²) < 4.78 is 28.4. The summed E-state index contributed by atoms with van der Waals surface area (Å²) in [6.07, 6.45) is -0.0103. The number of hydrogen-bond acceptors (Lipinski definition) is 5. The Labute approximate surface area is 150 Å². The van der Waals surface area contributed by atoms with Crippen molar-refractivity contribution in [1.82, 2.24) is 10.9 Å². The van der Waals surface area contributed by atoms with Gasteiger partial charge in [-0.2, -0.15) is 0 Å². The van der Waals surface area contributed by atoms with Crippen LogP contribution in [-0.4, -0.2) is 33.1 Å². The molecule has 0 fully saturated rings. The van der Waals surface area contributed by atoms with Crippen molar-refractivity contribution in [3.8, 4) is 17.2 Å². The fourth-order valence-corrected chi connectivity index (χ4v) is 2.23. The summed E-state index contributed by atoms with van der Waals surface area (Å²) in [4.78, 5) is 24.3. The first-order chi connectivity index (χ1) is 12.5. The topological polar surface area (TPSA) is 85.9 Å². The Balaban J connectivity index is 2.04. The van der Waals surface area contributed by atoms with Crippen LogP contribution in [0.15, 0.2) is 36.4 Å². The summed E-state index contributed by atoms with van der Waals surface area (Å²) >= 11 is 0. The predicted octanol–water partition coefficient (Wildman–Crippen LogP) is 1.86. The summed E-state index contributed by atoms with van der Waals surface area (Å²) in [7, 11) is 4.31. The average molecular weight is 362 g/mol. The molecule has 2 rings (SSSR count). The number of methoxy groups -OCH3 is 3. The highest BCUT2D eigenvalue weighted by atomic mass is 19.1. The van der Waals surface area contributed by atoms with Crippen LogP contribution in [0.5, 0.6) is 17.2 Å². The largest absolute Gasteiger partial charge is 0.496 e. The number of rotatable bonds is 6. The molecule has 0 unspecified atom stereocenters. The van der Waals surface area contributed by atoms with Crippen molar-refractivity contribution < 1.29 is 28.2 Å². The fourth-order valence-electron chi connectivity index (χ4n) is 2.23. The van der Waals surface area contributed by atoms with E-state index in [4.69, 9.17) is 14.2 Å². The summed E-state index contributed by atoms with van der Waals surface area (Å²) in [5.74, 6) is -0.423. The number of carbonyl (C=O) groups excluding carboxylic acids is 2. The Kier molecular flexibility index (Phi) is 6.37. The number of amides is 2. The lowest BCUT2D eigenvalue weighted by molar-refractivity contribution is -0.121. The van der Waals surface area contributed by atoms with Gasteiger partial charge in [0.15, 0.2) is 11.5 Å². The molecule has 2 aromatic rings. The number of ether oxygens (including phenoxy) is 3. The molecule has 138 valence electrons. The minimum absolute atomic E-state index is 0.0103. The molecule has 0 heterocycles. The van der Waals surface area contributed by atoms with E-state index in [9.17, 15) is 14.0 Å². The zero-order chi connectivity index (χ0) is 19.1. The normalized spacial score (nSPS) is 10.0. The van der Waals surface area contributed by atoms with Crippen molar-refractivity contribution >= 4 is 11.8 Å². The van der Waals surface area contributed by atoms with E-state index in [1.54, 1.807) is 0 Å². The first-order valence-corrected chi connectivity index (χ1v) is 7.62. The van der Waals surface area contributed by atoms with Crippen molar-refractivity contribution in [2.24, 2.45) is 0 Å². The molecule has 8 heteroatoms. The quantitative estimate of drug-likeness (QED) is 0.766. The molecule has 0 aliphatic rings. The Hall–Kier alpha value is -3.29. The number of hydrazine groups is 1. The minimum atomic E-state index is -0.588. The van der Waals surface area contributed by atoms with Gasteiger partial charge in [-0.3, -0.25) is 20.4 Å². The molecular weight excluding hydrogens is 343 g/mol. The number of benzene rings is 2. The maximum atomic E-state index is 12.9. The van der Waals surface area contributed by atoms with Crippen molar-refractivity contribution in [3.05, 3.63) is 53.3 Å². The zero-order valence-electron chi connectivity index (χ0n) is 14.6. The summed E-state index contributed by atoms with van der Waals surface area (Å²) in [5.41, 5.74) is 5.38.